The van der Waals surface area contributed by atoms with E-state index in [1.807, 2.05) is 24.3 Å². The molecule has 4 nitrogen and oxygen atoms in total. The highest BCUT2D eigenvalue weighted by Crippen LogP contribution is 2.16. The van der Waals surface area contributed by atoms with Crippen LogP contribution in [0.25, 0.3) is 10.9 Å². The van der Waals surface area contributed by atoms with E-state index < -0.39 is 0 Å². The van der Waals surface area contributed by atoms with Gasteiger partial charge in [0, 0.05) is 18.4 Å². The van der Waals surface area contributed by atoms with Gasteiger partial charge in [0.2, 0.25) is 5.91 Å². The minimum Gasteiger partial charge on any atom is -0.273 e. The molecule has 15 heavy (non-hydrogen) atoms. The molecule has 2 heterocycles. The Morgan fingerprint density at radius 2 is 2.13 bits per heavy atom. The molecule has 3 rings (SSSR count). The fourth-order valence-corrected chi connectivity index (χ4v) is 1.98. The monoisotopic (exact) mass is 201 g/mol. The number of benzene rings is 1. The van der Waals surface area contributed by atoms with Crippen LogP contribution in [0.1, 0.15) is 12.8 Å². The second-order valence-corrected chi connectivity index (χ2v) is 3.71. The fraction of sp³-hybridized carbons (Fsp3) is 0.273. The first-order valence-corrected chi connectivity index (χ1v) is 5.10. The Balaban J connectivity index is 2.14. The summed E-state index contributed by atoms with van der Waals surface area (Å²) in [6.45, 7) is 0.768. The number of rotatable bonds is 1. The molecule has 1 fully saturated rings. The Morgan fingerprint density at radius 1 is 1.27 bits per heavy atom. The largest absolute Gasteiger partial charge is 0.273 e. The van der Waals surface area contributed by atoms with Crippen LogP contribution in [0.3, 0.4) is 0 Å². The highest BCUT2D eigenvalue weighted by Gasteiger charge is 2.23. The summed E-state index contributed by atoms with van der Waals surface area (Å²) in [5.41, 5.74) is 0.993. The number of aromatic nitrogens is 2. The molecule has 0 bridgehead atoms. The van der Waals surface area contributed by atoms with Gasteiger partial charge >= 0.3 is 0 Å². The Morgan fingerprint density at radius 3 is 2.93 bits per heavy atom. The van der Waals surface area contributed by atoms with E-state index in [0.717, 1.165) is 23.9 Å². The van der Waals surface area contributed by atoms with E-state index >= 15 is 0 Å². The lowest BCUT2D eigenvalue weighted by molar-refractivity contribution is -0.118. The van der Waals surface area contributed by atoms with Gasteiger partial charge in [-0.2, -0.15) is 9.89 Å². The van der Waals surface area contributed by atoms with Gasteiger partial charge in [0.05, 0.1) is 11.7 Å². The van der Waals surface area contributed by atoms with Crippen LogP contribution in [0.5, 0.6) is 0 Å². The van der Waals surface area contributed by atoms with Crippen LogP contribution >= 0.6 is 0 Å². The molecule has 0 radical (unpaired) electrons. The SMILES string of the molecule is O=C1CCCN1n1ncc2ccccc21. The summed E-state index contributed by atoms with van der Waals surface area (Å²) in [6.07, 6.45) is 3.35. The molecule has 1 amide bonds. The minimum absolute atomic E-state index is 0.156. The predicted molar refractivity (Wildman–Crippen MR) is 57.1 cm³/mol. The third-order valence-corrected chi connectivity index (χ3v) is 2.74. The molecule has 1 aliphatic heterocycles. The number of para-hydroxylation sites is 1. The maximum Gasteiger partial charge on any atom is 0.242 e. The predicted octanol–water partition coefficient (Wildman–Crippen LogP) is 1.29. The lowest BCUT2D eigenvalue weighted by Crippen LogP contribution is -2.36. The van der Waals surface area contributed by atoms with Crippen molar-refractivity contribution in [3.8, 4) is 0 Å². The fourth-order valence-electron chi connectivity index (χ4n) is 1.98. The van der Waals surface area contributed by atoms with Gasteiger partial charge in [0.1, 0.15) is 0 Å². The highest BCUT2D eigenvalue weighted by atomic mass is 16.2. The first-order valence-electron chi connectivity index (χ1n) is 5.10. The summed E-state index contributed by atoms with van der Waals surface area (Å²) in [5, 5.41) is 7.03. The van der Waals surface area contributed by atoms with Crippen LogP contribution in [0.4, 0.5) is 0 Å². The van der Waals surface area contributed by atoms with Crippen molar-refractivity contribution in [3.05, 3.63) is 30.5 Å². The van der Waals surface area contributed by atoms with Crippen LogP contribution < -0.4 is 5.01 Å². The van der Waals surface area contributed by atoms with Crippen LogP contribution in [-0.4, -0.2) is 22.3 Å². The normalized spacial score (nSPS) is 16.5. The zero-order valence-corrected chi connectivity index (χ0v) is 8.26. The molecule has 0 unspecified atom stereocenters. The summed E-state index contributed by atoms with van der Waals surface area (Å²) >= 11 is 0. The Kier molecular flexibility index (Phi) is 1.74. The zero-order valence-electron chi connectivity index (χ0n) is 8.26. The van der Waals surface area contributed by atoms with Crippen molar-refractivity contribution < 1.29 is 4.79 Å². The molecule has 0 N–H and O–H groups in total. The second-order valence-electron chi connectivity index (χ2n) is 3.71. The van der Waals surface area contributed by atoms with Gasteiger partial charge in [-0.3, -0.25) is 4.79 Å². The summed E-state index contributed by atoms with van der Waals surface area (Å²) in [6, 6.07) is 7.91. The molecule has 0 spiro atoms. The van der Waals surface area contributed by atoms with E-state index in [1.165, 1.54) is 0 Å². The van der Waals surface area contributed by atoms with Gasteiger partial charge in [-0.25, -0.2) is 5.01 Å². The van der Waals surface area contributed by atoms with Crippen LogP contribution in [0.2, 0.25) is 0 Å². The molecule has 76 valence electrons. The van der Waals surface area contributed by atoms with Crippen molar-refractivity contribution in [3.63, 3.8) is 0 Å². The Hall–Kier alpha value is -1.84. The third-order valence-electron chi connectivity index (χ3n) is 2.74. The lowest BCUT2D eigenvalue weighted by atomic mass is 10.3. The minimum atomic E-state index is 0.156. The third kappa shape index (κ3) is 1.21. The lowest BCUT2D eigenvalue weighted by Gasteiger charge is -2.16. The van der Waals surface area contributed by atoms with Crippen molar-refractivity contribution in [1.29, 1.82) is 0 Å². The van der Waals surface area contributed by atoms with E-state index in [4.69, 9.17) is 0 Å². The molecule has 1 saturated heterocycles. The maximum absolute atomic E-state index is 11.6. The van der Waals surface area contributed by atoms with Gasteiger partial charge in [0.25, 0.3) is 0 Å². The quantitative estimate of drug-likeness (QED) is 0.697. The van der Waals surface area contributed by atoms with Gasteiger partial charge in [-0.15, -0.1) is 0 Å². The molecule has 2 aromatic rings. The summed E-state index contributed by atoms with van der Waals surface area (Å²) in [7, 11) is 0. The van der Waals surface area contributed by atoms with Crippen molar-refractivity contribution in [2.75, 3.05) is 11.6 Å². The number of amides is 1. The average Bonchev–Trinajstić information content (AvgIpc) is 2.83. The molecular weight excluding hydrogens is 190 g/mol. The Labute approximate surface area is 87.1 Å². The first kappa shape index (κ1) is 8.47. The van der Waals surface area contributed by atoms with Crippen LogP contribution in [0.15, 0.2) is 30.5 Å². The van der Waals surface area contributed by atoms with E-state index in [1.54, 1.807) is 16.0 Å². The first-order chi connectivity index (χ1) is 7.36. The topological polar surface area (TPSA) is 38.1 Å². The zero-order chi connectivity index (χ0) is 10.3. The summed E-state index contributed by atoms with van der Waals surface area (Å²) < 4.78 is 0. The second kappa shape index (κ2) is 3.08. The van der Waals surface area contributed by atoms with Crippen molar-refractivity contribution in [1.82, 2.24) is 9.89 Å². The van der Waals surface area contributed by atoms with Crippen molar-refractivity contribution in [2.45, 2.75) is 12.8 Å². The van der Waals surface area contributed by atoms with Crippen LogP contribution in [-0.2, 0) is 4.79 Å². The number of carbonyl (C=O) groups is 1. The number of nitrogens with zero attached hydrogens (tertiary/aromatic N) is 3. The highest BCUT2D eigenvalue weighted by molar-refractivity contribution is 5.90. The molecule has 1 aromatic heterocycles. The van der Waals surface area contributed by atoms with E-state index in [2.05, 4.69) is 5.10 Å². The number of carbonyl (C=O) groups excluding carboxylic acids is 1. The molecule has 0 saturated carbocycles. The van der Waals surface area contributed by atoms with Gasteiger partial charge < -0.3 is 0 Å². The molecule has 4 heteroatoms. The molecule has 0 aliphatic carbocycles. The summed E-state index contributed by atoms with van der Waals surface area (Å²) in [5.74, 6) is 0.156. The van der Waals surface area contributed by atoms with E-state index in [0.29, 0.717) is 6.42 Å². The molecule has 0 atom stereocenters. The number of hydrogen-bond acceptors (Lipinski definition) is 2. The molecular formula is C11H11N3O. The average molecular weight is 201 g/mol. The van der Waals surface area contributed by atoms with Gasteiger partial charge in [-0.1, -0.05) is 18.2 Å². The van der Waals surface area contributed by atoms with Gasteiger partial charge in [-0.05, 0) is 12.5 Å². The van der Waals surface area contributed by atoms with Gasteiger partial charge in [0.15, 0.2) is 0 Å². The maximum atomic E-state index is 11.6. The van der Waals surface area contributed by atoms with E-state index in [-0.39, 0.29) is 5.91 Å². The smallest absolute Gasteiger partial charge is 0.242 e. The Bertz CT molecular complexity index is 517. The summed E-state index contributed by atoms with van der Waals surface area (Å²) in [4.78, 5) is 13.3. The molecule has 1 aromatic carbocycles. The van der Waals surface area contributed by atoms with Crippen LogP contribution in [0, 0.1) is 0 Å². The molecule has 1 aliphatic rings. The number of hydrogen-bond donors (Lipinski definition) is 0. The van der Waals surface area contributed by atoms with Crippen molar-refractivity contribution >= 4 is 16.8 Å². The standard InChI is InChI=1S/C11H11N3O/c15-11-6-3-7-13(11)14-10-5-2-1-4-9(10)8-12-14/h1-2,4-5,8H,3,6-7H2. The van der Waals surface area contributed by atoms with E-state index in [9.17, 15) is 4.79 Å². The van der Waals surface area contributed by atoms with Crippen molar-refractivity contribution in [2.24, 2.45) is 0 Å². The number of fused-ring (bicyclic) bond motifs is 1.